The van der Waals surface area contributed by atoms with E-state index in [1.807, 2.05) is 91.0 Å². The van der Waals surface area contributed by atoms with Gasteiger partial charge in [0.05, 0.1) is 26.4 Å². The highest BCUT2D eigenvalue weighted by atomic mass is 16.5. The topological polar surface area (TPSA) is 111 Å². The Labute approximate surface area is 307 Å². The lowest BCUT2D eigenvalue weighted by molar-refractivity contribution is 0.280. The van der Waals surface area contributed by atoms with Crippen LogP contribution in [0.2, 0.25) is 0 Å². The molecule has 0 saturated carbocycles. The second kappa shape index (κ2) is 20.1. The van der Waals surface area contributed by atoms with E-state index < -0.39 is 0 Å². The van der Waals surface area contributed by atoms with E-state index in [0.29, 0.717) is 13.2 Å². The van der Waals surface area contributed by atoms with Crippen molar-refractivity contribution >= 4 is 17.5 Å². The van der Waals surface area contributed by atoms with Crippen LogP contribution in [-0.4, -0.2) is 23.4 Å². The van der Waals surface area contributed by atoms with Crippen molar-refractivity contribution in [3.05, 3.63) is 174 Å². The van der Waals surface area contributed by atoms with Gasteiger partial charge in [-0.1, -0.05) is 121 Å². The number of rotatable bonds is 15. The van der Waals surface area contributed by atoms with Gasteiger partial charge in [0, 0.05) is 22.5 Å². The van der Waals surface area contributed by atoms with Gasteiger partial charge in [-0.2, -0.15) is 0 Å². The van der Waals surface area contributed by atoms with Gasteiger partial charge >= 0.3 is 0 Å². The molecule has 0 saturated heterocycles. The first-order valence-corrected chi connectivity index (χ1v) is 17.7. The zero-order chi connectivity index (χ0) is 36.4. The summed E-state index contributed by atoms with van der Waals surface area (Å²) in [7, 11) is 0. The summed E-state index contributed by atoms with van der Waals surface area (Å²) in [6.07, 6.45) is 7.98. The van der Waals surface area contributed by atoms with Crippen LogP contribution in [0.5, 0.6) is 11.5 Å². The molecule has 0 unspecified atom stereocenters. The van der Waals surface area contributed by atoms with E-state index in [9.17, 15) is 0 Å². The molecule has 6 aromatic carbocycles. The molecule has 0 atom stereocenters. The molecule has 6 heteroatoms. The Morgan fingerprint density at radius 1 is 0.500 bits per heavy atom. The van der Waals surface area contributed by atoms with Gasteiger partial charge in [-0.3, -0.25) is 0 Å². The number of aryl methyl sites for hydroxylation is 1. The van der Waals surface area contributed by atoms with E-state index in [1.165, 1.54) is 5.56 Å². The third-order valence-corrected chi connectivity index (χ3v) is 8.57. The van der Waals surface area contributed by atoms with Crippen LogP contribution in [-0.2, 0) is 19.6 Å². The molecule has 0 bridgehead atoms. The van der Waals surface area contributed by atoms with Crippen molar-refractivity contribution < 1.29 is 19.7 Å². The van der Waals surface area contributed by atoms with Crippen LogP contribution in [0.25, 0.3) is 28.3 Å². The van der Waals surface area contributed by atoms with Crippen LogP contribution < -0.4 is 20.9 Å². The minimum Gasteiger partial charge on any atom is -0.494 e. The highest BCUT2D eigenvalue weighted by Crippen LogP contribution is 2.28. The SMILES string of the molecule is Nc1cc(/C=C/CCOc2ccc(CO)cc2)ccc1-c1ccccc1.Nc1cc(CCCCOc2ccc(CO)cc2)ccc1-c1ccccc1. The maximum absolute atomic E-state index is 9.03. The summed E-state index contributed by atoms with van der Waals surface area (Å²) in [4.78, 5) is 0. The smallest absolute Gasteiger partial charge is 0.119 e. The van der Waals surface area contributed by atoms with E-state index in [2.05, 4.69) is 66.7 Å². The highest BCUT2D eigenvalue weighted by molar-refractivity contribution is 5.78. The Balaban J connectivity index is 0.000000201. The number of nitrogen functional groups attached to an aromatic ring is 2. The Bertz CT molecular complexity index is 1960. The normalized spacial score (nSPS) is 10.8. The summed E-state index contributed by atoms with van der Waals surface area (Å²) in [5.41, 5.74) is 22.6. The summed E-state index contributed by atoms with van der Waals surface area (Å²) in [6.45, 7) is 1.41. The van der Waals surface area contributed by atoms with Crippen molar-refractivity contribution in [2.24, 2.45) is 0 Å². The van der Waals surface area contributed by atoms with Gasteiger partial charge in [0.25, 0.3) is 0 Å². The van der Waals surface area contributed by atoms with Gasteiger partial charge in [0.1, 0.15) is 11.5 Å². The van der Waals surface area contributed by atoms with Gasteiger partial charge < -0.3 is 31.2 Å². The van der Waals surface area contributed by atoms with Crippen molar-refractivity contribution in [2.75, 3.05) is 24.7 Å². The van der Waals surface area contributed by atoms with Crippen molar-refractivity contribution in [3.63, 3.8) is 0 Å². The molecule has 0 aliphatic carbocycles. The van der Waals surface area contributed by atoms with Crippen LogP contribution >= 0.6 is 0 Å². The number of aliphatic hydroxyl groups is 2. The van der Waals surface area contributed by atoms with Crippen LogP contribution in [0, 0.1) is 0 Å². The van der Waals surface area contributed by atoms with Crippen molar-refractivity contribution in [3.8, 4) is 33.8 Å². The third-order valence-electron chi connectivity index (χ3n) is 8.57. The quantitative estimate of drug-likeness (QED) is 0.0630. The monoisotopic (exact) mass is 692 g/mol. The van der Waals surface area contributed by atoms with Crippen LogP contribution in [0.1, 0.15) is 41.5 Å². The molecule has 0 aliphatic heterocycles. The fourth-order valence-electron chi connectivity index (χ4n) is 5.68. The molecular weight excluding hydrogens is 645 g/mol. The first-order valence-electron chi connectivity index (χ1n) is 17.7. The Kier molecular flexibility index (Phi) is 14.5. The predicted octanol–water partition coefficient (Wildman–Crippen LogP) is 9.74. The van der Waals surface area contributed by atoms with Crippen LogP contribution in [0.3, 0.4) is 0 Å². The molecule has 0 aliphatic rings. The molecule has 52 heavy (non-hydrogen) atoms. The molecule has 0 radical (unpaired) electrons. The van der Waals surface area contributed by atoms with E-state index in [4.69, 9.17) is 31.2 Å². The summed E-state index contributed by atoms with van der Waals surface area (Å²) >= 11 is 0. The predicted molar refractivity (Wildman–Crippen MR) is 215 cm³/mol. The minimum atomic E-state index is 0.0508. The molecule has 0 fully saturated rings. The summed E-state index contributed by atoms with van der Waals surface area (Å²) in [5.74, 6) is 1.66. The van der Waals surface area contributed by atoms with Crippen molar-refractivity contribution in [1.29, 1.82) is 0 Å². The average Bonchev–Trinajstić information content (AvgIpc) is 3.19. The van der Waals surface area contributed by atoms with Gasteiger partial charge in [0.2, 0.25) is 0 Å². The summed E-state index contributed by atoms with van der Waals surface area (Å²) in [5, 5.41) is 18.1. The molecule has 6 rings (SSSR count). The lowest BCUT2D eigenvalue weighted by atomic mass is 10.00. The maximum atomic E-state index is 9.03. The number of nitrogens with two attached hydrogens (primary N) is 2. The summed E-state index contributed by atoms with van der Waals surface area (Å²) in [6, 6.07) is 47.9. The molecule has 0 spiro atoms. The molecule has 0 heterocycles. The molecule has 266 valence electrons. The second-order valence-electron chi connectivity index (χ2n) is 12.4. The van der Waals surface area contributed by atoms with E-state index in [-0.39, 0.29) is 13.2 Å². The standard InChI is InChI=1S/C23H25NO2.C23H23NO2/c2*24-23-16-18(11-14-22(23)20-7-2-1-3-8-20)6-4-5-15-26-21-12-9-19(17-25)10-13-21/h1-3,7-14,16,25H,4-6,15,17,24H2;1-4,6-14,16,25H,5,15,17,24H2/b;6-4+. The third kappa shape index (κ3) is 11.6. The van der Waals surface area contributed by atoms with E-state index >= 15 is 0 Å². The van der Waals surface area contributed by atoms with E-state index in [1.54, 1.807) is 0 Å². The number of hydrogen-bond donors (Lipinski definition) is 4. The fraction of sp³-hybridized carbons (Fsp3) is 0.174. The molecule has 0 amide bonds. The first kappa shape index (κ1) is 37.4. The number of anilines is 2. The fourth-order valence-corrected chi connectivity index (χ4v) is 5.68. The van der Waals surface area contributed by atoms with Crippen LogP contribution in [0.15, 0.2) is 152 Å². The van der Waals surface area contributed by atoms with Crippen LogP contribution in [0.4, 0.5) is 11.4 Å². The molecule has 6 N–H and O–H groups in total. The average molecular weight is 693 g/mol. The lowest BCUT2D eigenvalue weighted by Crippen LogP contribution is -1.99. The number of unbranched alkanes of at least 4 members (excludes halogenated alkanes) is 1. The summed E-state index contributed by atoms with van der Waals surface area (Å²) < 4.78 is 11.4. The second-order valence-corrected chi connectivity index (χ2v) is 12.4. The molecule has 6 nitrogen and oxygen atoms in total. The van der Waals surface area contributed by atoms with Gasteiger partial charge in [-0.15, -0.1) is 0 Å². The van der Waals surface area contributed by atoms with Gasteiger partial charge in [0.15, 0.2) is 0 Å². The van der Waals surface area contributed by atoms with Gasteiger partial charge in [-0.05, 0) is 95.5 Å². The molecule has 0 aromatic heterocycles. The highest BCUT2D eigenvalue weighted by Gasteiger charge is 2.05. The first-order chi connectivity index (χ1) is 25.5. The number of ether oxygens (including phenoxy) is 2. The largest absolute Gasteiger partial charge is 0.494 e. The van der Waals surface area contributed by atoms with E-state index in [0.717, 1.165) is 87.5 Å². The number of benzene rings is 6. The minimum absolute atomic E-state index is 0.0508. The van der Waals surface area contributed by atoms with Gasteiger partial charge in [-0.25, -0.2) is 0 Å². The Hall–Kier alpha value is -5.82. The molecule has 6 aromatic rings. The Morgan fingerprint density at radius 3 is 1.52 bits per heavy atom. The zero-order valence-corrected chi connectivity index (χ0v) is 29.5. The lowest BCUT2D eigenvalue weighted by Gasteiger charge is -2.09. The number of hydrogen-bond acceptors (Lipinski definition) is 6. The van der Waals surface area contributed by atoms with Crippen molar-refractivity contribution in [1.82, 2.24) is 0 Å². The van der Waals surface area contributed by atoms with Crippen molar-refractivity contribution in [2.45, 2.75) is 38.9 Å². The number of aliphatic hydroxyl groups excluding tert-OH is 2. The Morgan fingerprint density at radius 2 is 1.00 bits per heavy atom. The molecular formula is C46H48N2O4. The maximum Gasteiger partial charge on any atom is 0.119 e. The zero-order valence-electron chi connectivity index (χ0n) is 29.5.